The molecule has 0 unspecified atom stereocenters. The lowest BCUT2D eigenvalue weighted by atomic mass is 9.70. The van der Waals surface area contributed by atoms with Crippen molar-refractivity contribution < 1.29 is 4.74 Å². The lowest BCUT2D eigenvalue weighted by Gasteiger charge is -2.33. The molecule has 2 aromatic carbocycles. The van der Waals surface area contributed by atoms with Crippen molar-refractivity contribution in [2.45, 2.75) is 26.4 Å². The number of hydrogen-bond acceptors (Lipinski definition) is 1. The lowest BCUT2D eigenvalue weighted by molar-refractivity contribution is 0.116. The monoisotopic (exact) mass is 302 g/mol. The van der Waals surface area contributed by atoms with Crippen LogP contribution in [0.25, 0.3) is 10.8 Å². The van der Waals surface area contributed by atoms with Crippen molar-refractivity contribution in [3.05, 3.63) is 83.7 Å². The standard InChI is InChI=1S/C22H22O/c1-14(2)17-12-11-15(3)20-13-23-22(21(17)20)19-10-6-8-16-7-4-5-9-18(16)19/h4-11,13,17,21-22H,1,12H2,2-3H3/t17-,21-,22+/m1/s1. The molecule has 1 aliphatic carbocycles. The fourth-order valence-electron chi connectivity index (χ4n) is 4.10. The summed E-state index contributed by atoms with van der Waals surface area (Å²) in [6.07, 6.45) is 5.46. The molecule has 0 saturated carbocycles. The second-order valence-electron chi connectivity index (χ2n) is 6.80. The highest BCUT2D eigenvalue weighted by molar-refractivity contribution is 5.86. The first-order valence-electron chi connectivity index (χ1n) is 8.32. The van der Waals surface area contributed by atoms with Crippen LogP contribution in [0, 0.1) is 11.8 Å². The van der Waals surface area contributed by atoms with Crippen molar-refractivity contribution in [2.75, 3.05) is 0 Å². The summed E-state index contributed by atoms with van der Waals surface area (Å²) in [6.45, 7) is 8.59. The quantitative estimate of drug-likeness (QED) is 0.622. The summed E-state index contributed by atoms with van der Waals surface area (Å²) < 4.78 is 6.20. The van der Waals surface area contributed by atoms with E-state index in [-0.39, 0.29) is 6.10 Å². The van der Waals surface area contributed by atoms with Crippen LogP contribution in [0.1, 0.15) is 31.9 Å². The Kier molecular flexibility index (Phi) is 3.37. The Bertz CT molecular complexity index is 835. The maximum absolute atomic E-state index is 6.20. The number of benzene rings is 2. The molecule has 1 nitrogen and oxygen atoms in total. The molecule has 116 valence electrons. The average molecular weight is 302 g/mol. The third-order valence-corrected chi connectivity index (χ3v) is 5.36. The third kappa shape index (κ3) is 2.23. The van der Waals surface area contributed by atoms with E-state index in [1.807, 2.05) is 6.26 Å². The fourth-order valence-corrected chi connectivity index (χ4v) is 4.10. The Morgan fingerprint density at radius 1 is 1.13 bits per heavy atom. The average Bonchev–Trinajstić information content (AvgIpc) is 3.00. The molecule has 1 heteroatoms. The number of ether oxygens (including phenoxy) is 1. The van der Waals surface area contributed by atoms with E-state index in [0.717, 1.165) is 6.42 Å². The molecule has 0 bridgehead atoms. The molecule has 3 atom stereocenters. The predicted molar refractivity (Wildman–Crippen MR) is 96.0 cm³/mol. The van der Waals surface area contributed by atoms with Gasteiger partial charge in [-0.1, -0.05) is 60.7 Å². The molecule has 2 aromatic rings. The SMILES string of the molecule is C=C(C)[C@H]1CC=C(C)C2=CO[C@@H](c3cccc4ccccc34)[C@@H]21. The van der Waals surface area contributed by atoms with E-state index in [2.05, 4.69) is 69.0 Å². The molecule has 0 aromatic heterocycles. The first kappa shape index (κ1) is 14.3. The Balaban J connectivity index is 1.84. The molecule has 0 N–H and O–H groups in total. The first-order valence-corrected chi connectivity index (χ1v) is 8.32. The van der Waals surface area contributed by atoms with Crippen LogP contribution in [0.3, 0.4) is 0 Å². The molecule has 0 spiro atoms. The van der Waals surface area contributed by atoms with Crippen molar-refractivity contribution in [3.8, 4) is 0 Å². The molecule has 1 heterocycles. The van der Waals surface area contributed by atoms with Gasteiger partial charge in [0.05, 0.1) is 6.26 Å². The van der Waals surface area contributed by atoms with E-state index in [4.69, 9.17) is 4.74 Å². The Morgan fingerprint density at radius 2 is 1.91 bits per heavy atom. The zero-order chi connectivity index (χ0) is 16.0. The van der Waals surface area contributed by atoms with Crippen LogP contribution in [-0.2, 0) is 4.74 Å². The fraction of sp³-hybridized carbons (Fsp3) is 0.273. The minimum Gasteiger partial charge on any atom is -0.492 e. The number of rotatable bonds is 2. The van der Waals surface area contributed by atoms with Gasteiger partial charge < -0.3 is 4.74 Å². The van der Waals surface area contributed by atoms with E-state index in [1.165, 1.54) is 33.1 Å². The maximum Gasteiger partial charge on any atom is 0.131 e. The molecule has 0 saturated heterocycles. The molecule has 2 aliphatic rings. The highest BCUT2D eigenvalue weighted by Crippen LogP contribution is 2.51. The van der Waals surface area contributed by atoms with Gasteiger partial charge in [-0.25, -0.2) is 0 Å². The molecule has 0 radical (unpaired) electrons. The first-order chi connectivity index (χ1) is 11.2. The van der Waals surface area contributed by atoms with Crippen LogP contribution in [-0.4, -0.2) is 0 Å². The Morgan fingerprint density at radius 3 is 2.74 bits per heavy atom. The van der Waals surface area contributed by atoms with E-state index in [0.29, 0.717) is 11.8 Å². The van der Waals surface area contributed by atoms with Crippen LogP contribution in [0.15, 0.2) is 78.1 Å². The minimum absolute atomic E-state index is 0.0847. The largest absolute Gasteiger partial charge is 0.492 e. The number of allylic oxidation sites excluding steroid dienone is 3. The van der Waals surface area contributed by atoms with Gasteiger partial charge in [0.2, 0.25) is 0 Å². The summed E-state index contributed by atoms with van der Waals surface area (Å²) in [7, 11) is 0. The smallest absolute Gasteiger partial charge is 0.131 e. The normalized spacial score (nSPS) is 26.3. The minimum atomic E-state index is 0.0847. The highest BCUT2D eigenvalue weighted by Gasteiger charge is 2.41. The summed E-state index contributed by atoms with van der Waals surface area (Å²) in [5.74, 6) is 0.833. The molecule has 4 rings (SSSR count). The van der Waals surface area contributed by atoms with E-state index in [1.54, 1.807) is 0 Å². The van der Waals surface area contributed by atoms with Gasteiger partial charge in [0.1, 0.15) is 6.10 Å². The van der Waals surface area contributed by atoms with Gasteiger partial charge >= 0.3 is 0 Å². The molecule has 23 heavy (non-hydrogen) atoms. The van der Waals surface area contributed by atoms with Gasteiger partial charge in [-0.2, -0.15) is 0 Å². The van der Waals surface area contributed by atoms with Crippen molar-refractivity contribution in [1.29, 1.82) is 0 Å². The Labute approximate surface area is 138 Å². The van der Waals surface area contributed by atoms with Gasteiger partial charge in [-0.05, 0) is 48.1 Å². The maximum atomic E-state index is 6.20. The van der Waals surface area contributed by atoms with Crippen molar-refractivity contribution in [2.24, 2.45) is 11.8 Å². The van der Waals surface area contributed by atoms with Gasteiger partial charge in [0, 0.05) is 11.5 Å². The van der Waals surface area contributed by atoms with Crippen LogP contribution in [0.2, 0.25) is 0 Å². The summed E-state index contributed by atoms with van der Waals surface area (Å²) in [4.78, 5) is 0. The van der Waals surface area contributed by atoms with E-state index in [9.17, 15) is 0 Å². The van der Waals surface area contributed by atoms with Crippen LogP contribution >= 0.6 is 0 Å². The Hall–Kier alpha value is -2.28. The van der Waals surface area contributed by atoms with Gasteiger partial charge in [-0.15, -0.1) is 0 Å². The third-order valence-electron chi connectivity index (χ3n) is 5.36. The molecular formula is C22H22O. The van der Waals surface area contributed by atoms with Crippen LogP contribution in [0.4, 0.5) is 0 Å². The molecule has 0 fully saturated rings. The van der Waals surface area contributed by atoms with Gasteiger partial charge in [0.25, 0.3) is 0 Å². The van der Waals surface area contributed by atoms with Gasteiger partial charge in [0.15, 0.2) is 0 Å². The van der Waals surface area contributed by atoms with Crippen LogP contribution < -0.4 is 0 Å². The van der Waals surface area contributed by atoms with E-state index >= 15 is 0 Å². The summed E-state index contributed by atoms with van der Waals surface area (Å²) in [5, 5.41) is 2.57. The summed E-state index contributed by atoms with van der Waals surface area (Å²) in [5.41, 5.74) is 5.25. The highest BCUT2D eigenvalue weighted by atomic mass is 16.5. The van der Waals surface area contributed by atoms with E-state index < -0.39 is 0 Å². The van der Waals surface area contributed by atoms with Crippen molar-refractivity contribution in [3.63, 3.8) is 0 Å². The van der Waals surface area contributed by atoms with Crippen molar-refractivity contribution in [1.82, 2.24) is 0 Å². The second kappa shape index (κ2) is 5.42. The zero-order valence-electron chi connectivity index (χ0n) is 13.8. The summed E-state index contributed by atoms with van der Waals surface area (Å²) in [6, 6.07) is 15.1. The topological polar surface area (TPSA) is 9.23 Å². The molecule has 0 amide bonds. The summed E-state index contributed by atoms with van der Waals surface area (Å²) >= 11 is 0. The number of hydrogen-bond donors (Lipinski definition) is 0. The zero-order valence-corrected chi connectivity index (χ0v) is 13.8. The van der Waals surface area contributed by atoms with Crippen molar-refractivity contribution >= 4 is 10.8 Å². The van der Waals surface area contributed by atoms with Gasteiger partial charge in [-0.3, -0.25) is 0 Å². The molecule has 1 aliphatic heterocycles. The number of fused-ring (bicyclic) bond motifs is 2. The van der Waals surface area contributed by atoms with Crippen LogP contribution in [0.5, 0.6) is 0 Å². The predicted octanol–water partition coefficient (Wildman–Crippen LogP) is 5.95. The second-order valence-corrected chi connectivity index (χ2v) is 6.80. The molecular weight excluding hydrogens is 280 g/mol. The lowest BCUT2D eigenvalue weighted by Crippen LogP contribution is -2.25.